The summed E-state index contributed by atoms with van der Waals surface area (Å²) in [5, 5.41) is 7.27. The second-order valence-corrected chi connectivity index (χ2v) is 7.09. The van der Waals surface area contributed by atoms with Crippen molar-refractivity contribution >= 4 is 17.5 Å². The van der Waals surface area contributed by atoms with Crippen LogP contribution in [0.5, 0.6) is 5.75 Å². The molecule has 160 valence electrons. The van der Waals surface area contributed by atoms with Gasteiger partial charge in [-0.3, -0.25) is 19.3 Å². The summed E-state index contributed by atoms with van der Waals surface area (Å²) >= 11 is 0. The van der Waals surface area contributed by atoms with Crippen LogP contribution in [0.3, 0.4) is 0 Å². The number of hydrogen-bond donors (Lipinski definition) is 2. The summed E-state index contributed by atoms with van der Waals surface area (Å²) in [6.07, 6.45) is 3.21. The summed E-state index contributed by atoms with van der Waals surface area (Å²) < 4.78 is 7.11. The Morgan fingerprint density at radius 3 is 2.47 bits per heavy atom. The summed E-state index contributed by atoms with van der Waals surface area (Å²) in [6, 6.07) is 17.8. The summed E-state index contributed by atoms with van der Waals surface area (Å²) in [6.45, 7) is 0. The molecule has 0 aliphatic heterocycles. The van der Waals surface area contributed by atoms with E-state index in [4.69, 9.17) is 10.5 Å². The molecule has 32 heavy (non-hydrogen) atoms. The number of carbonyl (C=O) groups is 2. The molecular formula is C24H21N5O3. The number of aryl methyl sites for hydroxylation is 1. The smallest absolute Gasteiger partial charge is 0.255 e. The Morgan fingerprint density at radius 1 is 1.03 bits per heavy atom. The second-order valence-electron chi connectivity index (χ2n) is 7.09. The third-order valence-corrected chi connectivity index (χ3v) is 4.92. The van der Waals surface area contributed by atoms with Crippen LogP contribution in [0.1, 0.15) is 20.7 Å². The highest BCUT2D eigenvalue weighted by atomic mass is 16.5. The molecule has 0 saturated heterocycles. The van der Waals surface area contributed by atoms with Crippen LogP contribution in [0.15, 0.2) is 73.1 Å². The molecule has 2 aromatic heterocycles. The average molecular weight is 427 g/mol. The van der Waals surface area contributed by atoms with Crippen LogP contribution in [-0.4, -0.2) is 33.7 Å². The number of hydrogen-bond acceptors (Lipinski definition) is 5. The molecule has 0 atom stereocenters. The van der Waals surface area contributed by atoms with E-state index in [9.17, 15) is 9.59 Å². The number of carbonyl (C=O) groups excluding carboxylic acids is 2. The summed E-state index contributed by atoms with van der Waals surface area (Å²) in [4.78, 5) is 29.2. The molecule has 8 heteroatoms. The quantitative estimate of drug-likeness (QED) is 0.489. The van der Waals surface area contributed by atoms with Crippen molar-refractivity contribution in [2.24, 2.45) is 12.8 Å². The number of pyridine rings is 1. The van der Waals surface area contributed by atoms with Gasteiger partial charge in [0.2, 0.25) is 5.91 Å². The molecule has 0 fully saturated rings. The maximum absolute atomic E-state index is 13.1. The van der Waals surface area contributed by atoms with Gasteiger partial charge in [0.1, 0.15) is 5.75 Å². The molecule has 0 spiro atoms. The van der Waals surface area contributed by atoms with Crippen molar-refractivity contribution in [3.8, 4) is 28.3 Å². The van der Waals surface area contributed by atoms with Gasteiger partial charge >= 0.3 is 0 Å². The Balaban J connectivity index is 1.72. The third kappa shape index (κ3) is 4.20. The highest BCUT2D eigenvalue weighted by Crippen LogP contribution is 2.31. The van der Waals surface area contributed by atoms with E-state index in [1.807, 2.05) is 49.6 Å². The molecule has 2 amide bonds. The predicted molar refractivity (Wildman–Crippen MR) is 121 cm³/mol. The van der Waals surface area contributed by atoms with Gasteiger partial charge < -0.3 is 15.8 Å². The van der Waals surface area contributed by atoms with Gasteiger partial charge in [0, 0.05) is 36.1 Å². The van der Waals surface area contributed by atoms with Crippen molar-refractivity contribution in [2.45, 2.75) is 0 Å². The molecule has 0 saturated carbocycles. The van der Waals surface area contributed by atoms with E-state index in [-0.39, 0.29) is 11.5 Å². The summed E-state index contributed by atoms with van der Waals surface area (Å²) in [5.74, 6) is -0.400. The highest BCUT2D eigenvalue weighted by Gasteiger charge is 2.17. The van der Waals surface area contributed by atoms with Crippen LogP contribution in [0.25, 0.3) is 22.5 Å². The van der Waals surface area contributed by atoms with Gasteiger partial charge in [-0.05, 0) is 30.3 Å². The van der Waals surface area contributed by atoms with E-state index in [0.29, 0.717) is 34.0 Å². The number of ether oxygens (including phenoxy) is 1. The number of nitrogens with one attached hydrogen (secondary N) is 1. The van der Waals surface area contributed by atoms with Gasteiger partial charge in [-0.25, -0.2) is 0 Å². The van der Waals surface area contributed by atoms with Gasteiger partial charge in [0.05, 0.1) is 29.7 Å². The van der Waals surface area contributed by atoms with Gasteiger partial charge in [-0.15, -0.1) is 0 Å². The summed E-state index contributed by atoms with van der Waals surface area (Å²) in [5.41, 5.74) is 9.09. The third-order valence-electron chi connectivity index (χ3n) is 4.92. The fourth-order valence-electron chi connectivity index (χ4n) is 3.32. The topological polar surface area (TPSA) is 112 Å². The minimum Gasteiger partial charge on any atom is -0.496 e. The van der Waals surface area contributed by atoms with E-state index in [1.165, 1.54) is 12.3 Å². The van der Waals surface area contributed by atoms with E-state index >= 15 is 0 Å². The second kappa shape index (κ2) is 8.73. The molecule has 0 bridgehead atoms. The number of nitrogens with zero attached hydrogens (tertiary/aromatic N) is 3. The lowest BCUT2D eigenvalue weighted by atomic mass is 10.0. The van der Waals surface area contributed by atoms with Crippen molar-refractivity contribution in [1.82, 2.24) is 14.8 Å². The number of benzene rings is 2. The normalized spacial score (nSPS) is 10.6. The number of aromatic nitrogens is 3. The maximum atomic E-state index is 13.1. The number of amides is 2. The van der Waals surface area contributed by atoms with Gasteiger partial charge in [0.25, 0.3) is 5.91 Å². The van der Waals surface area contributed by atoms with Crippen molar-refractivity contribution in [1.29, 1.82) is 0 Å². The molecule has 4 rings (SSSR count). The Morgan fingerprint density at radius 2 is 1.81 bits per heavy atom. The molecule has 3 N–H and O–H groups in total. The fourth-order valence-corrected chi connectivity index (χ4v) is 3.32. The van der Waals surface area contributed by atoms with Gasteiger partial charge in [0.15, 0.2) is 0 Å². The van der Waals surface area contributed by atoms with E-state index in [1.54, 1.807) is 30.0 Å². The zero-order chi connectivity index (χ0) is 22.7. The summed E-state index contributed by atoms with van der Waals surface area (Å²) in [7, 11) is 3.38. The Bertz CT molecular complexity index is 1300. The number of rotatable bonds is 6. The van der Waals surface area contributed by atoms with Gasteiger partial charge in [-0.1, -0.05) is 30.3 Å². The molecular weight excluding hydrogens is 406 g/mol. The number of anilines is 1. The lowest BCUT2D eigenvalue weighted by Gasteiger charge is -2.13. The first-order valence-corrected chi connectivity index (χ1v) is 9.81. The molecule has 4 aromatic rings. The van der Waals surface area contributed by atoms with Crippen molar-refractivity contribution in [2.75, 3.05) is 12.4 Å². The van der Waals surface area contributed by atoms with Crippen LogP contribution < -0.4 is 15.8 Å². The predicted octanol–water partition coefficient (Wildman–Crippen LogP) is 3.51. The molecule has 0 aliphatic carbocycles. The minimum atomic E-state index is -0.630. The highest BCUT2D eigenvalue weighted by molar-refractivity contribution is 6.07. The monoisotopic (exact) mass is 427 g/mol. The van der Waals surface area contributed by atoms with Crippen LogP contribution >= 0.6 is 0 Å². The molecule has 2 aromatic carbocycles. The first kappa shape index (κ1) is 20.8. The largest absolute Gasteiger partial charge is 0.496 e. The first-order chi connectivity index (χ1) is 15.5. The molecule has 8 nitrogen and oxygen atoms in total. The number of primary amides is 1. The lowest BCUT2D eigenvalue weighted by molar-refractivity contribution is 0.0996. The first-order valence-electron chi connectivity index (χ1n) is 9.81. The number of methoxy groups -OCH3 is 1. The van der Waals surface area contributed by atoms with Crippen LogP contribution in [0.2, 0.25) is 0 Å². The SMILES string of the molecule is COc1ccc(C(=O)Nc2cc(C(N)=O)cnc2-c2ccccc2)cc1-c1ccn(C)n1. The van der Waals surface area contributed by atoms with E-state index in [0.717, 1.165) is 5.56 Å². The van der Waals surface area contributed by atoms with E-state index in [2.05, 4.69) is 15.4 Å². The standard InChI is InChI=1S/C24H21N5O3/c1-29-11-10-19(28-29)18-12-16(8-9-21(18)32-2)24(31)27-20-13-17(23(25)30)14-26-22(20)15-6-4-3-5-7-15/h3-14H,1-2H3,(H2,25,30)(H,27,31). The molecule has 0 aliphatic rings. The Kier molecular flexibility index (Phi) is 5.67. The van der Waals surface area contributed by atoms with Crippen LogP contribution in [0, 0.1) is 0 Å². The van der Waals surface area contributed by atoms with Crippen LogP contribution in [-0.2, 0) is 7.05 Å². The van der Waals surface area contributed by atoms with Crippen molar-refractivity contribution in [3.05, 3.63) is 84.2 Å². The van der Waals surface area contributed by atoms with Crippen molar-refractivity contribution in [3.63, 3.8) is 0 Å². The lowest BCUT2D eigenvalue weighted by Crippen LogP contribution is -2.16. The van der Waals surface area contributed by atoms with Crippen LogP contribution in [0.4, 0.5) is 5.69 Å². The van der Waals surface area contributed by atoms with Crippen molar-refractivity contribution < 1.29 is 14.3 Å². The molecule has 0 radical (unpaired) electrons. The maximum Gasteiger partial charge on any atom is 0.255 e. The Hall–Kier alpha value is -4.46. The Labute approximate surface area is 184 Å². The van der Waals surface area contributed by atoms with Gasteiger partial charge in [-0.2, -0.15) is 5.10 Å². The molecule has 2 heterocycles. The van der Waals surface area contributed by atoms with E-state index < -0.39 is 5.91 Å². The average Bonchev–Trinajstić information content (AvgIpc) is 3.25. The zero-order valence-electron chi connectivity index (χ0n) is 17.6. The minimum absolute atomic E-state index is 0.198. The fraction of sp³-hybridized carbons (Fsp3) is 0.0833. The zero-order valence-corrected chi connectivity index (χ0v) is 17.6. The number of nitrogens with two attached hydrogens (primary N) is 1. The molecule has 0 unspecified atom stereocenters.